The number of carbonyl (C=O) groups excluding carboxylic acids is 1. The number of rotatable bonds is 10. The average Bonchev–Trinajstić information content (AvgIpc) is 2.77. The fraction of sp³-hybridized carbons (Fsp3) is 0.208. The lowest BCUT2D eigenvalue weighted by Crippen LogP contribution is -2.83. The van der Waals surface area contributed by atoms with Crippen molar-refractivity contribution in [3.63, 3.8) is 0 Å². The van der Waals surface area contributed by atoms with E-state index < -0.39 is 0 Å². The van der Waals surface area contributed by atoms with Gasteiger partial charge in [-0.25, -0.2) is 0 Å². The van der Waals surface area contributed by atoms with Gasteiger partial charge in [0.1, 0.15) is 6.54 Å². The number of nitrogens with one attached hydrogen (secondary N) is 1. The van der Waals surface area contributed by atoms with Crippen LogP contribution in [0.2, 0.25) is 0 Å². The van der Waals surface area contributed by atoms with E-state index in [0.29, 0.717) is 11.5 Å². The lowest BCUT2D eigenvalue weighted by Gasteiger charge is -2.12. The Bertz CT molecular complexity index is 899. The Balaban J connectivity index is 1.47. The van der Waals surface area contributed by atoms with E-state index in [0.717, 1.165) is 30.8 Å². The van der Waals surface area contributed by atoms with Crippen LogP contribution in [0.5, 0.6) is 11.5 Å². The maximum atomic E-state index is 12.1. The van der Waals surface area contributed by atoms with Crippen molar-refractivity contribution in [2.45, 2.75) is 13.0 Å². The fourth-order valence-electron chi connectivity index (χ4n) is 3.00. The van der Waals surface area contributed by atoms with Crippen LogP contribution in [-0.4, -0.2) is 26.2 Å². The monoisotopic (exact) mass is 391 g/mol. The first-order valence-corrected chi connectivity index (χ1v) is 9.75. The van der Waals surface area contributed by atoms with E-state index in [-0.39, 0.29) is 12.5 Å². The zero-order chi connectivity index (χ0) is 20.3. The fourth-order valence-corrected chi connectivity index (χ4v) is 3.00. The number of hydrogen-bond donors (Lipinski definition) is 2. The molecule has 0 aromatic heterocycles. The van der Waals surface area contributed by atoms with Gasteiger partial charge in [0.2, 0.25) is 0 Å². The highest BCUT2D eigenvalue weighted by Crippen LogP contribution is 2.27. The molecular weight excluding hydrogens is 364 g/mol. The van der Waals surface area contributed by atoms with Crippen LogP contribution in [0, 0.1) is 0 Å². The van der Waals surface area contributed by atoms with Crippen LogP contribution in [0.4, 0.5) is 5.69 Å². The number of para-hydroxylation sites is 1. The van der Waals surface area contributed by atoms with Crippen molar-refractivity contribution in [3.8, 4) is 11.5 Å². The Labute approximate surface area is 171 Å². The molecule has 3 rings (SSSR count). The zero-order valence-corrected chi connectivity index (χ0v) is 16.6. The summed E-state index contributed by atoms with van der Waals surface area (Å²) in [5, 5.41) is 5.07. The van der Waals surface area contributed by atoms with Gasteiger partial charge < -0.3 is 20.1 Å². The number of hydrogen-bond acceptors (Lipinski definition) is 3. The Morgan fingerprint density at radius 2 is 1.62 bits per heavy atom. The number of benzene rings is 3. The number of ether oxygens (including phenoxy) is 2. The van der Waals surface area contributed by atoms with Crippen LogP contribution in [0.15, 0.2) is 78.9 Å². The Morgan fingerprint density at radius 1 is 0.897 bits per heavy atom. The molecule has 0 bridgehead atoms. The third-order valence-corrected chi connectivity index (χ3v) is 4.50. The van der Waals surface area contributed by atoms with Crippen molar-refractivity contribution in [1.82, 2.24) is 0 Å². The van der Waals surface area contributed by atoms with Gasteiger partial charge in [-0.3, -0.25) is 4.79 Å². The summed E-state index contributed by atoms with van der Waals surface area (Å²) in [5.41, 5.74) is 3.24. The molecule has 0 aliphatic rings. The Morgan fingerprint density at radius 3 is 2.34 bits per heavy atom. The summed E-state index contributed by atoms with van der Waals surface area (Å²) in [7, 11) is 1.61. The second kappa shape index (κ2) is 10.9. The first-order valence-electron chi connectivity index (χ1n) is 9.75. The van der Waals surface area contributed by atoms with E-state index in [4.69, 9.17) is 9.47 Å². The largest absolute Gasteiger partial charge is 0.493 e. The molecule has 0 radical (unpaired) electrons. The molecule has 0 heterocycles. The molecule has 3 N–H and O–H groups in total. The standard InChI is InChI=1S/C24H26N2O3/c1-28-23-16-20(17-25-15-14-19-8-4-2-5-9-19)12-13-22(23)29-18-24(27)26-21-10-6-3-7-11-21/h2-13,16,25H,14-15,17-18H2,1H3,(H,26,27)/p+1. The highest BCUT2D eigenvalue weighted by Gasteiger charge is 2.10. The first-order chi connectivity index (χ1) is 14.2. The molecule has 0 atom stereocenters. The van der Waals surface area contributed by atoms with Crippen LogP contribution in [0.1, 0.15) is 11.1 Å². The molecule has 0 saturated heterocycles. The first kappa shape index (κ1) is 20.4. The molecule has 3 aromatic carbocycles. The summed E-state index contributed by atoms with van der Waals surface area (Å²) in [6.07, 6.45) is 1.04. The predicted molar refractivity (Wildman–Crippen MR) is 114 cm³/mol. The van der Waals surface area contributed by atoms with E-state index >= 15 is 0 Å². The van der Waals surface area contributed by atoms with E-state index in [1.54, 1.807) is 7.11 Å². The van der Waals surface area contributed by atoms with Crippen molar-refractivity contribution in [1.29, 1.82) is 0 Å². The summed E-state index contributed by atoms with van der Waals surface area (Å²) < 4.78 is 11.1. The number of carbonyl (C=O) groups is 1. The van der Waals surface area contributed by atoms with Gasteiger partial charge in [-0.05, 0) is 35.9 Å². The van der Waals surface area contributed by atoms with Crippen LogP contribution in [0.25, 0.3) is 0 Å². The molecule has 0 aliphatic carbocycles. The van der Waals surface area contributed by atoms with E-state index in [2.05, 4.69) is 34.9 Å². The maximum Gasteiger partial charge on any atom is 0.262 e. The van der Waals surface area contributed by atoms with Gasteiger partial charge in [0, 0.05) is 17.7 Å². The highest BCUT2D eigenvalue weighted by molar-refractivity contribution is 5.91. The van der Waals surface area contributed by atoms with E-state index in [1.165, 1.54) is 5.56 Å². The molecule has 0 fully saturated rings. The minimum atomic E-state index is -0.212. The van der Waals surface area contributed by atoms with Gasteiger partial charge >= 0.3 is 0 Å². The van der Waals surface area contributed by atoms with Gasteiger partial charge in [0.05, 0.1) is 13.7 Å². The Kier molecular flexibility index (Phi) is 7.66. The summed E-state index contributed by atoms with van der Waals surface area (Å²) in [5.74, 6) is 0.979. The van der Waals surface area contributed by atoms with Gasteiger partial charge in [0.15, 0.2) is 18.1 Å². The highest BCUT2D eigenvalue weighted by atomic mass is 16.5. The minimum Gasteiger partial charge on any atom is -0.493 e. The van der Waals surface area contributed by atoms with E-state index in [9.17, 15) is 4.79 Å². The van der Waals surface area contributed by atoms with Crippen molar-refractivity contribution >= 4 is 11.6 Å². The SMILES string of the molecule is COc1cc(C[NH2+]CCc2ccccc2)ccc1OCC(=O)Nc1ccccc1. The van der Waals surface area contributed by atoms with Crippen LogP contribution >= 0.6 is 0 Å². The van der Waals surface area contributed by atoms with Crippen LogP contribution < -0.4 is 20.1 Å². The number of anilines is 1. The lowest BCUT2D eigenvalue weighted by atomic mass is 10.1. The number of methoxy groups -OCH3 is 1. The smallest absolute Gasteiger partial charge is 0.262 e. The third-order valence-electron chi connectivity index (χ3n) is 4.50. The summed E-state index contributed by atoms with van der Waals surface area (Å²) in [6.45, 7) is 1.80. The Hall–Kier alpha value is -3.31. The average molecular weight is 391 g/mol. The van der Waals surface area contributed by atoms with Crippen molar-refractivity contribution < 1.29 is 19.6 Å². The minimum absolute atomic E-state index is 0.0756. The molecule has 3 aromatic rings. The van der Waals surface area contributed by atoms with Crippen molar-refractivity contribution in [2.24, 2.45) is 0 Å². The van der Waals surface area contributed by atoms with Gasteiger partial charge in [-0.15, -0.1) is 0 Å². The molecule has 0 spiro atoms. The molecule has 150 valence electrons. The second-order valence-electron chi connectivity index (χ2n) is 6.71. The molecule has 0 aliphatic heterocycles. The summed E-state index contributed by atoms with van der Waals surface area (Å²) >= 11 is 0. The topological polar surface area (TPSA) is 64.2 Å². The molecule has 0 unspecified atom stereocenters. The zero-order valence-electron chi connectivity index (χ0n) is 16.6. The predicted octanol–water partition coefficient (Wildman–Crippen LogP) is 3.02. The van der Waals surface area contributed by atoms with Gasteiger partial charge in [0.25, 0.3) is 5.91 Å². The number of nitrogens with two attached hydrogens (primary N) is 1. The summed E-state index contributed by atoms with van der Waals surface area (Å²) in [6, 6.07) is 25.6. The van der Waals surface area contributed by atoms with Crippen molar-refractivity contribution in [2.75, 3.05) is 25.6 Å². The second-order valence-corrected chi connectivity index (χ2v) is 6.71. The summed E-state index contributed by atoms with van der Waals surface area (Å²) in [4.78, 5) is 12.1. The van der Waals surface area contributed by atoms with Gasteiger partial charge in [-0.2, -0.15) is 0 Å². The molecule has 1 amide bonds. The molecule has 29 heavy (non-hydrogen) atoms. The molecule has 0 saturated carbocycles. The number of amides is 1. The van der Waals surface area contributed by atoms with Crippen LogP contribution in [-0.2, 0) is 17.8 Å². The normalized spacial score (nSPS) is 10.4. The maximum absolute atomic E-state index is 12.1. The quantitative estimate of drug-likeness (QED) is 0.522. The third kappa shape index (κ3) is 6.66. The van der Waals surface area contributed by atoms with E-state index in [1.807, 2.05) is 54.6 Å². The molecular formula is C24H27N2O3+. The van der Waals surface area contributed by atoms with Crippen LogP contribution in [0.3, 0.4) is 0 Å². The lowest BCUT2D eigenvalue weighted by molar-refractivity contribution is -0.670. The molecule has 5 heteroatoms. The number of quaternary nitrogens is 1. The van der Waals surface area contributed by atoms with Crippen molar-refractivity contribution in [3.05, 3.63) is 90.0 Å². The van der Waals surface area contributed by atoms with Gasteiger partial charge in [-0.1, -0.05) is 48.5 Å². The molecule has 5 nitrogen and oxygen atoms in total.